The molecule has 0 amide bonds. The summed E-state index contributed by atoms with van der Waals surface area (Å²) in [5, 5.41) is 0.997. The third kappa shape index (κ3) is 4.30. The van der Waals surface area contributed by atoms with Gasteiger partial charge in [-0.15, -0.1) is 0 Å². The summed E-state index contributed by atoms with van der Waals surface area (Å²) in [5.41, 5.74) is 6.14. The first-order valence-corrected chi connectivity index (χ1v) is 14.8. The molecule has 192 valence electrons. The normalized spacial score (nSPS) is 37.1. The maximum absolute atomic E-state index is 7.07. The van der Waals surface area contributed by atoms with Crippen LogP contribution in [0, 0.1) is 22.7 Å². The third-order valence-corrected chi connectivity index (χ3v) is 11.2. The van der Waals surface area contributed by atoms with E-state index in [-0.39, 0.29) is 10.8 Å². The molecule has 35 heavy (non-hydrogen) atoms. The molecule has 4 atom stereocenters. The molecule has 3 heteroatoms. The first kappa shape index (κ1) is 25.4. The van der Waals surface area contributed by atoms with Gasteiger partial charge in [0.15, 0.2) is 11.8 Å². The van der Waals surface area contributed by atoms with Gasteiger partial charge in [-0.2, -0.15) is 0 Å². The average molecular weight is 496 g/mol. The van der Waals surface area contributed by atoms with Crippen molar-refractivity contribution in [2.45, 2.75) is 110 Å². The lowest BCUT2D eigenvalue weighted by atomic mass is 9.69. The Morgan fingerprint density at radius 1 is 0.829 bits per heavy atom. The molecular formula is C32H48ClN2+. The average Bonchev–Trinajstić information content (AvgIpc) is 3.16. The Balaban J connectivity index is 1.40. The van der Waals surface area contributed by atoms with Crippen LogP contribution in [0.1, 0.15) is 98.3 Å². The lowest BCUT2D eigenvalue weighted by molar-refractivity contribution is -0.538. The molecule has 0 aromatic heterocycles. The topological polar surface area (TPSA) is 6.25 Å². The van der Waals surface area contributed by atoms with Gasteiger partial charge in [-0.3, -0.25) is 0 Å². The minimum absolute atomic E-state index is 0.247. The van der Waals surface area contributed by atoms with Crippen molar-refractivity contribution in [2.75, 3.05) is 14.1 Å². The molecule has 0 aromatic carbocycles. The van der Waals surface area contributed by atoms with Gasteiger partial charge in [0.2, 0.25) is 0 Å². The van der Waals surface area contributed by atoms with Gasteiger partial charge in [-0.05, 0) is 81.9 Å². The highest BCUT2D eigenvalue weighted by Gasteiger charge is 2.53. The van der Waals surface area contributed by atoms with Gasteiger partial charge >= 0.3 is 0 Å². The fourth-order valence-corrected chi connectivity index (χ4v) is 9.03. The third-order valence-electron chi connectivity index (χ3n) is 10.7. The maximum atomic E-state index is 7.07. The molecule has 0 radical (unpaired) electrons. The summed E-state index contributed by atoms with van der Waals surface area (Å²) in [6.45, 7) is 9.85. The van der Waals surface area contributed by atoms with E-state index in [0.717, 1.165) is 29.7 Å². The van der Waals surface area contributed by atoms with Crippen LogP contribution in [0.5, 0.6) is 0 Å². The highest BCUT2D eigenvalue weighted by atomic mass is 35.5. The van der Waals surface area contributed by atoms with E-state index in [1.165, 1.54) is 80.3 Å². The molecule has 3 aliphatic carbocycles. The molecule has 2 nitrogen and oxygen atoms in total. The quantitative estimate of drug-likeness (QED) is 0.357. The summed E-state index contributed by atoms with van der Waals surface area (Å²) in [7, 11) is 4.65. The van der Waals surface area contributed by atoms with E-state index in [2.05, 4.69) is 75.6 Å². The molecule has 1 saturated heterocycles. The van der Waals surface area contributed by atoms with E-state index >= 15 is 0 Å². The first-order valence-electron chi connectivity index (χ1n) is 14.5. The second-order valence-electron chi connectivity index (χ2n) is 13.2. The van der Waals surface area contributed by atoms with E-state index in [9.17, 15) is 0 Å². The van der Waals surface area contributed by atoms with Crippen molar-refractivity contribution in [3.63, 3.8) is 0 Å². The van der Waals surface area contributed by atoms with Crippen molar-refractivity contribution in [2.24, 2.45) is 22.7 Å². The summed E-state index contributed by atoms with van der Waals surface area (Å²) < 4.78 is 2.59. The predicted molar refractivity (Wildman–Crippen MR) is 150 cm³/mol. The number of likely N-dealkylation sites (tertiary alicyclic amines) is 1. The molecule has 0 spiro atoms. The van der Waals surface area contributed by atoms with Crippen LogP contribution >= 0.6 is 11.6 Å². The van der Waals surface area contributed by atoms with Crippen molar-refractivity contribution >= 4 is 17.3 Å². The molecule has 5 rings (SSSR count). The monoisotopic (exact) mass is 495 g/mol. The zero-order valence-electron chi connectivity index (χ0n) is 23.2. The molecule has 3 fully saturated rings. The van der Waals surface area contributed by atoms with Gasteiger partial charge in [0, 0.05) is 47.6 Å². The molecule has 0 aromatic rings. The van der Waals surface area contributed by atoms with E-state index in [1.807, 2.05) is 0 Å². The molecular weight excluding hydrogens is 448 g/mol. The van der Waals surface area contributed by atoms with Crippen molar-refractivity contribution in [3.8, 4) is 0 Å². The van der Waals surface area contributed by atoms with Crippen LogP contribution in [0.15, 0.2) is 46.2 Å². The lowest BCUT2D eigenvalue weighted by Gasteiger charge is -2.33. The standard InChI is InChI=1S/C32H48ClN2/c1-31(2)24-14-7-9-16-26(24)34(5)28(31)20-18-22-12-11-13-23(30(22)33)19-21-29-32(3,4)25-15-8-10-17-27(25)35(29)6/h18-21,24-27H,7-17H2,1-6H3/q+1. The zero-order chi connectivity index (χ0) is 25.0. The van der Waals surface area contributed by atoms with Crippen molar-refractivity contribution in [1.29, 1.82) is 0 Å². The molecule has 2 saturated carbocycles. The van der Waals surface area contributed by atoms with E-state index in [0.29, 0.717) is 12.1 Å². The number of rotatable bonds is 3. The van der Waals surface area contributed by atoms with E-state index in [4.69, 9.17) is 11.6 Å². The summed E-state index contributed by atoms with van der Waals surface area (Å²) in [6.07, 6.45) is 23.9. The molecule has 2 heterocycles. The van der Waals surface area contributed by atoms with Crippen LogP contribution in [0.4, 0.5) is 0 Å². The number of halogens is 1. The van der Waals surface area contributed by atoms with Crippen LogP contribution in [-0.4, -0.2) is 41.4 Å². The Kier molecular flexibility index (Phi) is 6.92. The Labute approximate surface area is 219 Å². The number of nitrogens with zero attached hydrogens (tertiary/aromatic N) is 2. The Morgan fingerprint density at radius 3 is 2.23 bits per heavy atom. The Bertz CT molecular complexity index is 1000. The van der Waals surface area contributed by atoms with Gasteiger partial charge in [0.05, 0.1) is 5.41 Å². The molecule has 2 aliphatic heterocycles. The van der Waals surface area contributed by atoms with Crippen LogP contribution in [0.3, 0.4) is 0 Å². The number of fused-ring (bicyclic) bond motifs is 2. The van der Waals surface area contributed by atoms with Crippen molar-refractivity contribution in [1.82, 2.24) is 4.90 Å². The fourth-order valence-electron chi connectivity index (χ4n) is 8.71. The van der Waals surface area contributed by atoms with Crippen molar-refractivity contribution in [3.05, 3.63) is 46.2 Å². The van der Waals surface area contributed by atoms with E-state index in [1.54, 1.807) is 0 Å². The second-order valence-corrected chi connectivity index (χ2v) is 13.6. The molecule has 4 unspecified atom stereocenters. The molecule has 0 N–H and O–H groups in total. The minimum atomic E-state index is 0.247. The molecule has 0 bridgehead atoms. The summed E-state index contributed by atoms with van der Waals surface area (Å²) in [4.78, 5) is 2.59. The molecule has 5 aliphatic rings. The SMILES string of the molecule is CN1/C(=C/C=C2\CCCC(/C=C/C3=[N+](C)C4CCCCC4C3(C)C)=C2Cl)C(C)(C)C2CCCCC21. The number of hydrogen-bond acceptors (Lipinski definition) is 1. The second kappa shape index (κ2) is 9.55. The van der Waals surface area contributed by atoms with Crippen LogP contribution in [0.2, 0.25) is 0 Å². The van der Waals surface area contributed by atoms with E-state index < -0.39 is 0 Å². The predicted octanol–water partition coefficient (Wildman–Crippen LogP) is 8.24. The summed E-state index contributed by atoms with van der Waals surface area (Å²) in [6, 6.07) is 1.43. The van der Waals surface area contributed by atoms with Gasteiger partial charge < -0.3 is 4.90 Å². The smallest absolute Gasteiger partial charge is 0.182 e. The lowest BCUT2D eigenvalue weighted by Crippen LogP contribution is -2.34. The zero-order valence-corrected chi connectivity index (χ0v) is 23.9. The minimum Gasteiger partial charge on any atom is -0.374 e. The Hall–Kier alpha value is -1.28. The highest BCUT2D eigenvalue weighted by molar-refractivity contribution is 6.32. The van der Waals surface area contributed by atoms with Gasteiger partial charge in [0.1, 0.15) is 7.05 Å². The number of hydrogen-bond donors (Lipinski definition) is 0. The van der Waals surface area contributed by atoms with Gasteiger partial charge in [-0.25, -0.2) is 4.58 Å². The summed E-state index contributed by atoms with van der Waals surface area (Å²) >= 11 is 7.07. The van der Waals surface area contributed by atoms with Crippen molar-refractivity contribution < 1.29 is 4.58 Å². The van der Waals surface area contributed by atoms with Gasteiger partial charge in [0.25, 0.3) is 0 Å². The maximum Gasteiger partial charge on any atom is 0.182 e. The highest BCUT2D eigenvalue weighted by Crippen LogP contribution is 2.52. The summed E-state index contributed by atoms with van der Waals surface area (Å²) in [5.74, 6) is 1.57. The van der Waals surface area contributed by atoms with Crippen LogP contribution < -0.4 is 0 Å². The fraction of sp³-hybridized carbons (Fsp3) is 0.719. The van der Waals surface area contributed by atoms with Gasteiger partial charge in [-0.1, -0.05) is 56.9 Å². The Morgan fingerprint density at radius 2 is 1.51 bits per heavy atom. The largest absolute Gasteiger partial charge is 0.374 e. The first-order chi connectivity index (χ1) is 16.6. The van der Waals surface area contributed by atoms with Crippen LogP contribution in [-0.2, 0) is 0 Å². The van der Waals surface area contributed by atoms with Crippen LogP contribution in [0.25, 0.3) is 0 Å². The number of allylic oxidation sites excluding steroid dienone is 8.